The maximum atomic E-state index is 11.9. The fraction of sp³-hybridized carbons (Fsp3) is 0.333. The van der Waals surface area contributed by atoms with E-state index in [0.717, 1.165) is 24.2 Å². The average molecular weight is 270 g/mol. The van der Waals surface area contributed by atoms with Crippen molar-refractivity contribution in [2.75, 3.05) is 5.32 Å². The minimum Gasteiger partial charge on any atom is -0.379 e. The van der Waals surface area contributed by atoms with Crippen molar-refractivity contribution in [3.05, 3.63) is 47.8 Å². The van der Waals surface area contributed by atoms with Crippen molar-refractivity contribution >= 4 is 11.6 Å². The third kappa shape index (κ3) is 2.99. The van der Waals surface area contributed by atoms with E-state index in [1.807, 2.05) is 42.1 Å². The number of rotatable bonds is 5. The van der Waals surface area contributed by atoms with Gasteiger partial charge in [0.1, 0.15) is 0 Å². The molecule has 0 unspecified atom stereocenters. The Balaban J connectivity index is 1.58. The molecular formula is C15H18N4O. The standard InChI is InChI=1S/C15H18N4O/c1-19-14(8-9-17-19)10-16-12-4-2-11(3-5-12)15(20)18-13-6-7-13/h2-5,8-9,13,16H,6-7,10H2,1H3,(H,18,20). The molecule has 20 heavy (non-hydrogen) atoms. The fourth-order valence-electron chi connectivity index (χ4n) is 2.00. The van der Waals surface area contributed by atoms with Crippen LogP contribution >= 0.6 is 0 Å². The van der Waals surface area contributed by atoms with Crippen molar-refractivity contribution in [3.63, 3.8) is 0 Å². The molecule has 1 heterocycles. The Labute approximate surface area is 118 Å². The first-order chi connectivity index (χ1) is 9.72. The zero-order valence-electron chi connectivity index (χ0n) is 11.5. The highest BCUT2D eigenvalue weighted by Crippen LogP contribution is 2.19. The molecule has 1 aromatic heterocycles. The predicted molar refractivity (Wildman–Crippen MR) is 77.5 cm³/mol. The number of carbonyl (C=O) groups excluding carboxylic acids is 1. The predicted octanol–water partition coefficient (Wildman–Crippen LogP) is 1.92. The van der Waals surface area contributed by atoms with Gasteiger partial charge in [-0.15, -0.1) is 0 Å². The van der Waals surface area contributed by atoms with Crippen LogP contribution in [0.5, 0.6) is 0 Å². The van der Waals surface area contributed by atoms with E-state index < -0.39 is 0 Å². The fourth-order valence-corrected chi connectivity index (χ4v) is 2.00. The van der Waals surface area contributed by atoms with Gasteiger partial charge in [0.25, 0.3) is 5.91 Å². The first-order valence-corrected chi connectivity index (χ1v) is 6.84. The number of aromatic nitrogens is 2. The number of amides is 1. The summed E-state index contributed by atoms with van der Waals surface area (Å²) in [4.78, 5) is 11.9. The zero-order valence-corrected chi connectivity index (χ0v) is 11.5. The SMILES string of the molecule is Cn1nccc1CNc1ccc(C(=O)NC2CC2)cc1. The highest BCUT2D eigenvalue weighted by molar-refractivity contribution is 5.94. The van der Waals surface area contributed by atoms with Crippen molar-refractivity contribution in [2.45, 2.75) is 25.4 Å². The third-order valence-corrected chi connectivity index (χ3v) is 3.46. The van der Waals surface area contributed by atoms with Gasteiger partial charge in [-0.2, -0.15) is 5.10 Å². The molecule has 0 bridgehead atoms. The molecule has 1 aromatic carbocycles. The number of aryl methyl sites for hydroxylation is 1. The van der Waals surface area contributed by atoms with Crippen LogP contribution in [0.2, 0.25) is 0 Å². The second kappa shape index (κ2) is 5.36. The third-order valence-electron chi connectivity index (χ3n) is 3.46. The molecule has 1 fully saturated rings. The molecule has 5 heteroatoms. The first kappa shape index (κ1) is 12.7. The zero-order chi connectivity index (χ0) is 13.9. The topological polar surface area (TPSA) is 59.0 Å². The molecule has 5 nitrogen and oxygen atoms in total. The van der Waals surface area contributed by atoms with Crippen molar-refractivity contribution in [2.24, 2.45) is 7.05 Å². The van der Waals surface area contributed by atoms with Gasteiger partial charge in [0.2, 0.25) is 0 Å². The summed E-state index contributed by atoms with van der Waals surface area (Å²) in [5.74, 6) is 0.0192. The van der Waals surface area contributed by atoms with E-state index in [9.17, 15) is 4.79 Å². The summed E-state index contributed by atoms with van der Waals surface area (Å²) in [5, 5.41) is 10.4. The number of carbonyl (C=O) groups is 1. The van der Waals surface area contributed by atoms with Gasteiger partial charge in [0, 0.05) is 30.5 Å². The molecule has 0 saturated heterocycles. The highest BCUT2D eigenvalue weighted by atomic mass is 16.1. The second-order valence-corrected chi connectivity index (χ2v) is 5.12. The number of anilines is 1. The van der Waals surface area contributed by atoms with E-state index in [2.05, 4.69) is 15.7 Å². The first-order valence-electron chi connectivity index (χ1n) is 6.84. The van der Waals surface area contributed by atoms with E-state index in [1.165, 1.54) is 0 Å². The Morgan fingerprint density at radius 2 is 2.05 bits per heavy atom. The second-order valence-electron chi connectivity index (χ2n) is 5.12. The van der Waals surface area contributed by atoms with Gasteiger partial charge in [0.15, 0.2) is 0 Å². The quantitative estimate of drug-likeness (QED) is 0.872. The van der Waals surface area contributed by atoms with Crippen LogP contribution in [0.15, 0.2) is 36.5 Å². The molecule has 2 aromatic rings. The molecule has 0 radical (unpaired) electrons. The number of hydrogen-bond donors (Lipinski definition) is 2. The van der Waals surface area contributed by atoms with E-state index in [0.29, 0.717) is 18.2 Å². The summed E-state index contributed by atoms with van der Waals surface area (Å²) in [5.41, 5.74) is 2.82. The monoisotopic (exact) mass is 270 g/mol. The number of benzene rings is 1. The lowest BCUT2D eigenvalue weighted by Crippen LogP contribution is -2.25. The van der Waals surface area contributed by atoms with Crippen LogP contribution in [-0.4, -0.2) is 21.7 Å². The lowest BCUT2D eigenvalue weighted by molar-refractivity contribution is 0.0951. The van der Waals surface area contributed by atoms with Crippen LogP contribution in [0.1, 0.15) is 28.9 Å². The summed E-state index contributed by atoms with van der Waals surface area (Å²) in [6.07, 6.45) is 3.99. The van der Waals surface area contributed by atoms with Crippen molar-refractivity contribution in [3.8, 4) is 0 Å². The summed E-state index contributed by atoms with van der Waals surface area (Å²) < 4.78 is 1.84. The van der Waals surface area contributed by atoms with Crippen LogP contribution in [0.4, 0.5) is 5.69 Å². The Morgan fingerprint density at radius 1 is 1.30 bits per heavy atom. The molecule has 1 amide bonds. The molecule has 3 rings (SSSR count). The lowest BCUT2D eigenvalue weighted by Gasteiger charge is -2.08. The number of hydrogen-bond acceptors (Lipinski definition) is 3. The summed E-state index contributed by atoms with van der Waals surface area (Å²) in [7, 11) is 1.92. The molecule has 0 atom stereocenters. The van der Waals surface area contributed by atoms with Gasteiger partial charge < -0.3 is 10.6 Å². The Kier molecular flexibility index (Phi) is 3.41. The Morgan fingerprint density at radius 3 is 2.65 bits per heavy atom. The van der Waals surface area contributed by atoms with Gasteiger partial charge >= 0.3 is 0 Å². The maximum Gasteiger partial charge on any atom is 0.251 e. The van der Waals surface area contributed by atoms with Gasteiger partial charge in [0.05, 0.1) is 12.2 Å². The smallest absolute Gasteiger partial charge is 0.251 e. The molecule has 104 valence electrons. The minimum absolute atomic E-state index is 0.0192. The van der Waals surface area contributed by atoms with E-state index >= 15 is 0 Å². The highest BCUT2D eigenvalue weighted by Gasteiger charge is 2.23. The summed E-state index contributed by atoms with van der Waals surface area (Å²) in [6.45, 7) is 0.712. The number of nitrogens with zero attached hydrogens (tertiary/aromatic N) is 2. The van der Waals surface area contributed by atoms with Crippen LogP contribution < -0.4 is 10.6 Å². The van der Waals surface area contributed by atoms with Gasteiger partial charge in [-0.1, -0.05) is 0 Å². The van der Waals surface area contributed by atoms with E-state index in [4.69, 9.17) is 0 Å². The van der Waals surface area contributed by atoms with Crippen LogP contribution in [0.25, 0.3) is 0 Å². The summed E-state index contributed by atoms with van der Waals surface area (Å²) in [6, 6.07) is 9.93. The largest absolute Gasteiger partial charge is 0.379 e. The van der Waals surface area contributed by atoms with Crippen molar-refractivity contribution in [1.82, 2.24) is 15.1 Å². The van der Waals surface area contributed by atoms with Crippen molar-refractivity contribution in [1.29, 1.82) is 0 Å². The van der Waals surface area contributed by atoms with Gasteiger partial charge in [-0.05, 0) is 43.2 Å². The molecule has 2 N–H and O–H groups in total. The van der Waals surface area contributed by atoms with Gasteiger partial charge in [-0.3, -0.25) is 9.48 Å². The van der Waals surface area contributed by atoms with Gasteiger partial charge in [-0.25, -0.2) is 0 Å². The van der Waals surface area contributed by atoms with Crippen LogP contribution in [0.3, 0.4) is 0 Å². The number of nitrogens with one attached hydrogen (secondary N) is 2. The molecule has 1 aliphatic carbocycles. The molecule has 1 aliphatic rings. The summed E-state index contributed by atoms with van der Waals surface area (Å²) >= 11 is 0. The molecule has 0 aliphatic heterocycles. The van der Waals surface area contributed by atoms with Crippen LogP contribution in [-0.2, 0) is 13.6 Å². The average Bonchev–Trinajstić information content (AvgIpc) is 3.18. The Hall–Kier alpha value is -2.30. The Bertz CT molecular complexity index is 599. The lowest BCUT2D eigenvalue weighted by atomic mass is 10.2. The van der Waals surface area contributed by atoms with E-state index in [1.54, 1.807) is 6.20 Å². The van der Waals surface area contributed by atoms with Crippen molar-refractivity contribution < 1.29 is 4.79 Å². The van der Waals surface area contributed by atoms with Crippen LogP contribution in [0, 0.1) is 0 Å². The molecule has 1 saturated carbocycles. The maximum absolute atomic E-state index is 11.9. The normalized spacial score (nSPS) is 14.1. The van der Waals surface area contributed by atoms with E-state index in [-0.39, 0.29) is 5.91 Å². The molecular weight excluding hydrogens is 252 g/mol. The molecule has 0 spiro atoms. The minimum atomic E-state index is 0.0192.